The van der Waals surface area contributed by atoms with Crippen LogP contribution in [0.4, 0.5) is 5.69 Å². The zero-order chi connectivity index (χ0) is 15.2. The summed E-state index contributed by atoms with van der Waals surface area (Å²) in [5, 5.41) is 6.04. The van der Waals surface area contributed by atoms with E-state index >= 15 is 0 Å². The van der Waals surface area contributed by atoms with Crippen molar-refractivity contribution >= 4 is 11.6 Å². The smallest absolute Gasteiger partial charge is 0.255 e. The molecule has 0 atom stereocenters. The average Bonchev–Trinajstić information content (AvgIpc) is 2.48. The van der Waals surface area contributed by atoms with Gasteiger partial charge in [-0.05, 0) is 48.4 Å². The Hall–Kier alpha value is -2.13. The zero-order valence-electron chi connectivity index (χ0n) is 12.8. The Morgan fingerprint density at radius 3 is 2.43 bits per heavy atom. The van der Waals surface area contributed by atoms with Gasteiger partial charge in [0, 0.05) is 17.8 Å². The van der Waals surface area contributed by atoms with Crippen LogP contribution in [-0.2, 0) is 6.54 Å². The largest absolute Gasteiger partial charge is 0.322 e. The minimum absolute atomic E-state index is 0.0769. The molecule has 3 nitrogen and oxygen atoms in total. The van der Waals surface area contributed by atoms with Crippen LogP contribution in [0.5, 0.6) is 0 Å². The van der Waals surface area contributed by atoms with Gasteiger partial charge in [-0.15, -0.1) is 0 Å². The Morgan fingerprint density at radius 2 is 1.81 bits per heavy atom. The SMILES string of the molecule is CNCc1cccc(NC(=O)c2ccc(C(C)C)cc2)c1. The van der Waals surface area contributed by atoms with E-state index in [0.29, 0.717) is 11.5 Å². The quantitative estimate of drug-likeness (QED) is 0.876. The Kier molecular flexibility index (Phi) is 5.12. The third-order valence-electron chi connectivity index (χ3n) is 3.41. The molecule has 0 saturated heterocycles. The first kappa shape index (κ1) is 15.3. The molecule has 0 radical (unpaired) electrons. The molecule has 2 aromatic rings. The highest BCUT2D eigenvalue weighted by Crippen LogP contribution is 2.16. The highest BCUT2D eigenvalue weighted by molar-refractivity contribution is 6.04. The van der Waals surface area contributed by atoms with Crippen LogP contribution in [-0.4, -0.2) is 13.0 Å². The van der Waals surface area contributed by atoms with Gasteiger partial charge in [-0.1, -0.05) is 38.1 Å². The predicted molar refractivity (Wildman–Crippen MR) is 87.7 cm³/mol. The molecule has 0 heterocycles. The number of rotatable bonds is 5. The van der Waals surface area contributed by atoms with Gasteiger partial charge < -0.3 is 10.6 Å². The van der Waals surface area contributed by atoms with Crippen molar-refractivity contribution in [3.8, 4) is 0 Å². The highest BCUT2D eigenvalue weighted by Gasteiger charge is 2.07. The predicted octanol–water partition coefficient (Wildman–Crippen LogP) is 3.78. The molecule has 3 heteroatoms. The van der Waals surface area contributed by atoms with E-state index in [1.807, 2.05) is 55.6 Å². The standard InChI is InChI=1S/C18H22N2O/c1-13(2)15-7-9-16(10-8-15)18(21)20-17-6-4-5-14(11-17)12-19-3/h4-11,13,19H,12H2,1-3H3,(H,20,21). The van der Waals surface area contributed by atoms with Crippen LogP contribution >= 0.6 is 0 Å². The van der Waals surface area contributed by atoms with Crippen molar-refractivity contribution in [2.45, 2.75) is 26.3 Å². The third kappa shape index (κ3) is 4.17. The molecule has 0 aromatic heterocycles. The van der Waals surface area contributed by atoms with Crippen molar-refractivity contribution in [2.75, 3.05) is 12.4 Å². The fourth-order valence-electron chi connectivity index (χ4n) is 2.19. The molecule has 2 N–H and O–H groups in total. The minimum atomic E-state index is -0.0769. The van der Waals surface area contributed by atoms with E-state index in [1.54, 1.807) is 0 Å². The molecule has 0 aliphatic rings. The van der Waals surface area contributed by atoms with Crippen molar-refractivity contribution in [1.29, 1.82) is 0 Å². The van der Waals surface area contributed by atoms with E-state index in [1.165, 1.54) is 5.56 Å². The molecule has 0 saturated carbocycles. The Morgan fingerprint density at radius 1 is 1.10 bits per heavy atom. The summed E-state index contributed by atoms with van der Waals surface area (Å²) in [5.74, 6) is 0.396. The molecule has 0 fully saturated rings. The first-order valence-corrected chi connectivity index (χ1v) is 7.25. The molecule has 2 aromatic carbocycles. The van der Waals surface area contributed by atoms with Gasteiger partial charge in [-0.2, -0.15) is 0 Å². The van der Waals surface area contributed by atoms with Gasteiger partial charge in [0.2, 0.25) is 0 Å². The van der Waals surface area contributed by atoms with Gasteiger partial charge in [0.05, 0.1) is 0 Å². The summed E-state index contributed by atoms with van der Waals surface area (Å²) < 4.78 is 0. The molecule has 0 unspecified atom stereocenters. The number of amides is 1. The normalized spacial score (nSPS) is 10.7. The van der Waals surface area contributed by atoms with Crippen molar-refractivity contribution in [3.05, 3.63) is 65.2 Å². The van der Waals surface area contributed by atoms with E-state index in [-0.39, 0.29) is 5.91 Å². The summed E-state index contributed by atoms with van der Waals surface area (Å²) in [6.07, 6.45) is 0. The van der Waals surface area contributed by atoms with Gasteiger partial charge in [0.15, 0.2) is 0 Å². The molecule has 21 heavy (non-hydrogen) atoms. The lowest BCUT2D eigenvalue weighted by molar-refractivity contribution is 0.102. The van der Waals surface area contributed by atoms with Crippen molar-refractivity contribution in [2.24, 2.45) is 0 Å². The van der Waals surface area contributed by atoms with E-state index in [9.17, 15) is 4.79 Å². The summed E-state index contributed by atoms with van der Waals surface area (Å²) in [4.78, 5) is 12.2. The van der Waals surface area contributed by atoms with Crippen LogP contribution in [0.2, 0.25) is 0 Å². The molecule has 1 amide bonds. The number of hydrogen-bond donors (Lipinski definition) is 2. The topological polar surface area (TPSA) is 41.1 Å². The number of carbonyl (C=O) groups excluding carboxylic acids is 1. The first-order chi connectivity index (χ1) is 10.1. The zero-order valence-corrected chi connectivity index (χ0v) is 12.8. The third-order valence-corrected chi connectivity index (χ3v) is 3.41. The van der Waals surface area contributed by atoms with Crippen LogP contribution < -0.4 is 10.6 Å². The van der Waals surface area contributed by atoms with E-state index in [4.69, 9.17) is 0 Å². The average molecular weight is 282 g/mol. The maximum absolute atomic E-state index is 12.2. The van der Waals surface area contributed by atoms with E-state index in [2.05, 4.69) is 24.5 Å². The number of hydrogen-bond acceptors (Lipinski definition) is 2. The summed E-state index contributed by atoms with van der Waals surface area (Å²) in [7, 11) is 1.90. The number of carbonyl (C=O) groups is 1. The van der Waals surface area contributed by atoms with Crippen LogP contribution in [0.15, 0.2) is 48.5 Å². The summed E-state index contributed by atoms with van der Waals surface area (Å²) in [6, 6.07) is 15.6. The number of anilines is 1. The molecule has 0 spiro atoms. The van der Waals surface area contributed by atoms with Gasteiger partial charge in [-0.3, -0.25) is 4.79 Å². The second-order valence-corrected chi connectivity index (χ2v) is 5.46. The lowest BCUT2D eigenvalue weighted by Gasteiger charge is -2.09. The maximum atomic E-state index is 12.2. The van der Waals surface area contributed by atoms with Gasteiger partial charge in [0.25, 0.3) is 5.91 Å². The van der Waals surface area contributed by atoms with Crippen LogP contribution in [0.3, 0.4) is 0 Å². The van der Waals surface area contributed by atoms with Gasteiger partial charge in [-0.25, -0.2) is 0 Å². The molecule has 2 rings (SSSR count). The van der Waals surface area contributed by atoms with Crippen LogP contribution in [0.25, 0.3) is 0 Å². The monoisotopic (exact) mass is 282 g/mol. The fourth-order valence-corrected chi connectivity index (χ4v) is 2.19. The Balaban J connectivity index is 2.08. The van der Waals surface area contributed by atoms with Crippen molar-refractivity contribution in [3.63, 3.8) is 0 Å². The first-order valence-electron chi connectivity index (χ1n) is 7.25. The molecule has 0 aliphatic carbocycles. The molecular weight excluding hydrogens is 260 g/mol. The molecule has 0 bridgehead atoms. The fraction of sp³-hybridized carbons (Fsp3) is 0.278. The second kappa shape index (κ2) is 7.04. The second-order valence-electron chi connectivity index (χ2n) is 5.46. The summed E-state index contributed by atoms with van der Waals surface area (Å²) in [6.45, 7) is 5.07. The lowest BCUT2D eigenvalue weighted by atomic mass is 10.0. The molecular formula is C18H22N2O. The van der Waals surface area contributed by atoms with Crippen LogP contribution in [0, 0.1) is 0 Å². The number of nitrogens with one attached hydrogen (secondary N) is 2. The highest BCUT2D eigenvalue weighted by atomic mass is 16.1. The Bertz CT molecular complexity index is 603. The van der Waals surface area contributed by atoms with Crippen LogP contribution in [0.1, 0.15) is 41.3 Å². The maximum Gasteiger partial charge on any atom is 0.255 e. The van der Waals surface area contributed by atoms with E-state index in [0.717, 1.165) is 17.8 Å². The number of benzene rings is 2. The van der Waals surface area contributed by atoms with Crippen molar-refractivity contribution < 1.29 is 4.79 Å². The lowest BCUT2D eigenvalue weighted by Crippen LogP contribution is -2.12. The molecule has 110 valence electrons. The van der Waals surface area contributed by atoms with E-state index < -0.39 is 0 Å². The van der Waals surface area contributed by atoms with Gasteiger partial charge in [0.1, 0.15) is 0 Å². The van der Waals surface area contributed by atoms with Gasteiger partial charge >= 0.3 is 0 Å². The summed E-state index contributed by atoms with van der Waals surface area (Å²) >= 11 is 0. The van der Waals surface area contributed by atoms with Crippen molar-refractivity contribution in [1.82, 2.24) is 5.32 Å². The minimum Gasteiger partial charge on any atom is -0.322 e. The summed E-state index contributed by atoms with van der Waals surface area (Å²) in [5.41, 5.74) is 3.88. The molecule has 0 aliphatic heterocycles. The Labute approximate surface area is 126 Å².